The molecule has 2 atom stereocenters. The molecule has 3 rings (SSSR count). The number of nitro benzene ring substituents is 2. The molecular weight excluding hydrogens is 540 g/mol. The van der Waals surface area contributed by atoms with Gasteiger partial charge < -0.3 is 18.8 Å². The summed E-state index contributed by atoms with van der Waals surface area (Å²) in [6.07, 6.45) is 2.61. The van der Waals surface area contributed by atoms with Crippen LogP contribution in [0.25, 0.3) is 21.9 Å². The largest absolute Gasteiger partial charge is 0.442 e. The number of hydroxylamine groups is 2. The van der Waals surface area contributed by atoms with E-state index in [4.69, 9.17) is 18.8 Å². The molecular formula is C27H34N4O10. The summed E-state index contributed by atoms with van der Waals surface area (Å²) >= 11 is 0. The average Bonchev–Trinajstić information content (AvgIpc) is 3.34. The van der Waals surface area contributed by atoms with Crippen molar-refractivity contribution in [3.63, 3.8) is 0 Å². The number of rotatable bonds is 16. The zero-order valence-electron chi connectivity index (χ0n) is 23.4. The Morgan fingerprint density at radius 1 is 0.829 bits per heavy atom. The molecule has 1 aromatic heterocycles. The second-order valence-electron chi connectivity index (χ2n) is 9.37. The van der Waals surface area contributed by atoms with E-state index in [1.54, 1.807) is 26.0 Å². The minimum absolute atomic E-state index is 0.114. The van der Waals surface area contributed by atoms with Crippen LogP contribution in [-0.2, 0) is 24.0 Å². The smallest absolute Gasteiger partial charge is 0.324 e. The molecule has 0 saturated heterocycles. The van der Waals surface area contributed by atoms with Gasteiger partial charge in [0.1, 0.15) is 0 Å². The number of carbonyl (C=O) groups is 2. The van der Waals surface area contributed by atoms with Crippen LogP contribution in [-0.4, -0.2) is 35.5 Å². The van der Waals surface area contributed by atoms with E-state index in [2.05, 4.69) is 11.0 Å². The maximum atomic E-state index is 12.1. The predicted octanol–water partition coefficient (Wildman–Crippen LogP) is 5.63. The Kier molecular flexibility index (Phi) is 11.1. The fourth-order valence-corrected chi connectivity index (χ4v) is 4.31. The number of furan rings is 1. The van der Waals surface area contributed by atoms with Gasteiger partial charge in [-0.25, -0.2) is 0 Å². The normalized spacial score (nSPS) is 12.8. The maximum absolute atomic E-state index is 12.1. The van der Waals surface area contributed by atoms with Gasteiger partial charge in [0.05, 0.1) is 21.9 Å². The van der Waals surface area contributed by atoms with Crippen molar-refractivity contribution in [2.24, 2.45) is 0 Å². The summed E-state index contributed by atoms with van der Waals surface area (Å²) in [4.78, 5) is 56.8. The highest BCUT2D eigenvalue weighted by Crippen LogP contribution is 2.42. The number of benzene rings is 2. The molecule has 0 fully saturated rings. The lowest BCUT2D eigenvalue weighted by molar-refractivity contribution is -0.384. The Bertz CT molecular complexity index is 1320. The summed E-state index contributed by atoms with van der Waals surface area (Å²) in [7, 11) is 1.49. The van der Waals surface area contributed by atoms with Crippen LogP contribution in [0.4, 0.5) is 11.4 Å². The van der Waals surface area contributed by atoms with Gasteiger partial charge in [0, 0.05) is 49.5 Å². The van der Waals surface area contributed by atoms with E-state index < -0.39 is 39.6 Å². The summed E-state index contributed by atoms with van der Waals surface area (Å²) < 4.78 is 10.9. The van der Waals surface area contributed by atoms with Gasteiger partial charge in [0.15, 0.2) is 0 Å². The summed E-state index contributed by atoms with van der Waals surface area (Å²) in [6.45, 7) is 5.49. The molecule has 0 saturated carbocycles. The molecule has 2 aromatic carbocycles. The van der Waals surface area contributed by atoms with Gasteiger partial charge in [-0.1, -0.05) is 33.6 Å². The molecule has 2 N–H and O–H groups in total. The van der Waals surface area contributed by atoms with Crippen LogP contribution in [0.5, 0.6) is 0 Å². The van der Waals surface area contributed by atoms with Crippen LogP contribution in [0.3, 0.4) is 0 Å². The van der Waals surface area contributed by atoms with Crippen molar-refractivity contribution in [3.05, 3.63) is 55.6 Å². The van der Waals surface area contributed by atoms with Crippen LogP contribution < -0.4 is 11.0 Å². The minimum atomic E-state index is -0.691. The van der Waals surface area contributed by atoms with Gasteiger partial charge in [-0.3, -0.25) is 29.8 Å². The Morgan fingerprint density at radius 2 is 1.29 bits per heavy atom. The first-order valence-corrected chi connectivity index (χ1v) is 13.4. The minimum Gasteiger partial charge on any atom is -0.442 e. The lowest BCUT2D eigenvalue weighted by Crippen LogP contribution is -2.26. The molecule has 0 aliphatic heterocycles. The van der Waals surface area contributed by atoms with Gasteiger partial charge in [-0.15, -0.1) is 11.0 Å². The molecule has 2 unspecified atom stereocenters. The van der Waals surface area contributed by atoms with E-state index in [1.165, 1.54) is 19.2 Å². The first-order chi connectivity index (χ1) is 19.6. The van der Waals surface area contributed by atoms with Crippen LogP contribution in [0, 0.1) is 20.2 Å². The SMILES string of the molecule is CCCCC(NOC(=O)CC)c1cc([N+](=O)[O-])c2oc3c([N+](=O)[O-])cc(C(CCOC)NOC(=O)CC)cc3c2c1. The van der Waals surface area contributed by atoms with Crippen molar-refractivity contribution in [3.8, 4) is 0 Å². The molecule has 0 spiro atoms. The number of nitrogens with zero attached hydrogens (tertiary/aromatic N) is 2. The summed E-state index contributed by atoms with van der Waals surface area (Å²) in [5.41, 5.74) is 5.15. The molecule has 0 amide bonds. The van der Waals surface area contributed by atoms with Gasteiger partial charge in [0.25, 0.3) is 0 Å². The first kappa shape index (κ1) is 31.4. The van der Waals surface area contributed by atoms with E-state index in [9.17, 15) is 29.8 Å². The second-order valence-corrected chi connectivity index (χ2v) is 9.37. The molecule has 14 nitrogen and oxygen atoms in total. The number of fused-ring (bicyclic) bond motifs is 3. The number of non-ortho nitro benzene ring substituents is 2. The second kappa shape index (κ2) is 14.5. The number of nitrogens with one attached hydrogen (secondary N) is 2. The number of carbonyl (C=O) groups excluding carboxylic acids is 2. The Balaban J connectivity index is 2.26. The third-order valence-electron chi connectivity index (χ3n) is 6.54. The third kappa shape index (κ3) is 7.54. The van der Waals surface area contributed by atoms with Gasteiger partial charge in [-0.05, 0) is 36.1 Å². The lowest BCUT2D eigenvalue weighted by atomic mass is 9.97. The third-order valence-corrected chi connectivity index (χ3v) is 6.54. The summed E-state index contributed by atoms with van der Waals surface area (Å²) in [5.74, 6) is -1.01. The zero-order valence-corrected chi connectivity index (χ0v) is 23.4. The highest BCUT2D eigenvalue weighted by Gasteiger charge is 2.29. The topological polar surface area (TPSA) is 185 Å². The van der Waals surface area contributed by atoms with Crippen LogP contribution in [0.15, 0.2) is 28.7 Å². The first-order valence-electron chi connectivity index (χ1n) is 13.4. The van der Waals surface area contributed by atoms with E-state index >= 15 is 0 Å². The number of methoxy groups -OCH3 is 1. The van der Waals surface area contributed by atoms with E-state index in [0.29, 0.717) is 24.0 Å². The standard InChI is InChI=1S/C27H34N4O10/c1-5-8-9-20(28-40-24(32)6-2)16-12-18-19-13-17(21(10-11-38-4)29-41-25(33)7-3)15-23(31(36)37)27(19)39-26(18)22(14-16)30(34)35/h12-15,20-21,28-29H,5-11H2,1-4H3. The van der Waals surface area contributed by atoms with Crippen molar-refractivity contribution >= 4 is 45.3 Å². The molecule has 0 aliphatic carbocycles. The number of hydrogen-bond acceptors (Lipinski definition) is 12. The Hall–Kier alpha value is -4.14. The van der Waals surface area contributed by atoms with Gasteiger partial charge >= 0.3 is 23.3 Å². The fraction of sp³-hybridized carbons (Fsp3) is 0.481. The zero-order chi connectivity index (χ0) is 30.1. The number of nitro groups is 2. The van der Waals surface area contributed by atoms with Crippen LogP contribution >= 0.6 is 0 Å². The van der Waals surface area contributed by atoms with Crippen molar-refractivity contribution in [1.82, 2.24) is 11.0 Å². The van der Waals surface area contributed by atoms with E-state index in [0.717, 1.165) is 12.8 Å². The number of hydrogen-bond donors (Lipinski definition) is 2. The van der Waals surface area contributed by atoms with Crippen molar-refractivity contribution in [1.29, 1.82) is 0 Å². The highest BCUT2D eigenvalue weighted by molar-refractivity contribution is 6.10. The average molecular weight is 575 g/mol. The maximum Gasteiger partial charge on any atom is 0.324 e. The fourth-order valence-electron chi connectivity index (χ4n) is 4.31. The van der Waals surface area contributed by atoms with Crippen molar-refractivity contribution < 1.29 is 38.3 Å². The summed E-state index contributed by atoms with van der Waals surface area (Å²) in [5, 5.41) is 24.8. The lowest BCUT2D eigenvalue weighted by Gasteiger charge is -2.19. The van der Waals surface area contributed by atoms with Crippen LogP contribution in [0.1, 0.15) is 82.5 Å². The highest BCUT2D eigenvalue weighted by atomic mass is 16.7. The van der Waals surface area contributed by atoms with E-state index in [1.807, 2.05) is 6.92 Å². The monoisotopic (exact) mass is 574 g/mol. The molecule has 41 heavy (non-hydrogen) atoms. The van der Waals surface area contributed by atoms with Crippen molar-refractivity contribution in [2.75, 3.05) is 13.7 Å². The Morgan fingerprint density at radius 3 is 1.68 bits per heavy atom. The van der Waals surface area contributed by atoms with E-state index in [-0.39, 0.29) is 47.1 Å². The molecule has 14 heteroatoms. The number of unbranched alkanes of at least 4 members (excludes halogenated alkanes) is 1. The van der Waals surface area contributed by atoms with Gasteiger partial charge in [0.2, 0.25) is 11.2 Å². The molecule has 3 aromatic rings. The summed E-state index contributed by atoms with van der Waals surface area (Å²) in [6, 6.07) is 4.58. The Labute approximate surface area is 235 Å². The predicted molar refractivity (Wildman–Crippen MR) is 148 cm³/mol. The molecule has 0 aliphatic rings. The van der Waals surface area contributed by atoms with Crippen LogP contribution in [0.2, 0.25) is 0 Å². The van der Waals surface area contributed by atoms with Gasteiger partial charge in [-0.2, -0.15) is 0 Å². The molecule has 1 heterocycles. The number of ether oxygens (including phenoxy) is 1. The quantitative estimate of drug-likeness (QED) is 0.159. The molecule has 0 radical (unpaired) electrons. The molecule has 222 valence electrons. The molecule has 0 bridgehead atoms. The van der Waals surface area contributed by atoms with Crippen molar-refractivity contribution in [2.45, 2.75) is 71.4 Å².